The predicted molar refractivity (Wildman–Crippen MR) is 114 cm³/mol. The fraction of sp³-hybridized carbons (Fsp3) is 0.211. The van der Waals surface area contributed by atoms with E-state index in [9.17, 15) is 17.6 Å². The molecule has 3 aromatic rings. The molecule has 0 spiro atoms. The molecule has 3 rings (SSSR count). The van der Waals surface area contributed by atoms with E-state index in [1.54, 1.807) is 12.1 Å². The minimum absolute atomic E-state index is 0.00428. The molecule has 0 aliphatic rings. The van der Waals surface area contributed by atoms with Gasteiger partial charge in [0.15, 0.2) is 10.8 Å². The van der Waals surface area contributed by atoms with Crippen molar-refractivity contribution >= 4 is 57.0 Å². The van der Waals surface area contributed by atoms with E-state index in [2.05, 4.69) is 15.6 Å². The van der Waals surface area contributed by atoms with Gasteiger partial charge in [0.05, 0.1) is 20.6 Å². The molecule has 30 heavy (non-hydrogen) atoms. The molecule has 0 atom stereocenters. The van der Waals surface area contributed by atoms with Crippen LogP contribution in [0.2, 0.25) is 15.1 Å². The number of rotatable bonds is 7. The molecular formula is C19H14Cl3F4N3S. The highest BCUT2D eigenvalue weighted by atomic mass is 35.5. The zero-order chi connectivity index (χ0) is 21.9. The summed E-state index contributed by atoms with van der Waals surface area (Å²) < 4.78 is 53.4. The fourth-order valence-electron chi connectivity index (χ4n) is 2.64. The Hall–Kier alpha value is -1.58. The fourth-order valence-corrected chi connectivity index (χ4v) is 4.51. The molecule has 0 aliphatic carbocycles. The Morgan fingerprint density at radius 3 is 2.37 bits per heavy atom. The van der Waals surface area contributed by atoms with E-state index < -0.39 is 11.9 Å². The van der Waals surface area contributed by atoms with Gasteiger partial charge < -0.3 is 10.6 Å². The van der Waals surface area contributed by atoms with Crippen LogP contribution in [0.1, 0.15) is 16.1 Å². The van der Waals surface area contributed by atoms with Crippen LogP contribution in [-0.4, -0.2) is 11.5 Å². The van der Waals surface area contributed by atoms with Gasteiger partial charge in [-0.05, 0) is 42.8 Å². The second-order valence-electron chi connectivity index (χ2n) is 6.21. The number of nitrogens with zero attached hydrogens (tertiary/aromatic N) is 1. The third kappa shape index (κ3) is 5.98. The summed E-state index contributed by atoms with van der Waals surface area (Å²) in [6, 6.07) is 8.89. The first-order valence-electron chi connectivity index (χ1n) is 8.57. The van der Waals surface area contributed by atoms with E-state index in [4.69, 9.17) is 34.8 Å². The van der Waals surface area contributed by atoms with E-state index in [0.717, 1.165) is 16.9 Å². The predicted octanol–water partition coefficient (Wildman–Crippen LogP) is 7.34. The molecule has 160 valence electrons. The Bertz CT molecular complexity index is 1020. The number of hydrogen-bond acceptors (Lipinski definition) is 4. The maximum atomic E-state index is 13.4. The quantitative estimate of drug-likeness (QED) is 0.264. The van der Waals surface area contributed by atoms with Gasteiger partial charge in [0.1, 0.15) is 5.82 Å². The number of aromatic nitrogens is 1. The van der Waals surface area contributed by atoms with Gasteiger partial charge in [0, 0.05) is 11.6 Å². The van der Waals surface area contributed by atoms with Crippen LogP contribution in [-0.2, 0) is 19.1 Å². The molecule has 2 N–H and O–H groups in total. The zero-order valence-electron chi connectivity index (χ0n) is 15.1. The van der Waals surface area contributed by atoms with Crippen molar-refractivity contribution in [2.75, 3.05) is 11.9 Å². The summed E-state index contributed by atoms with van der Waals surface area (Å²) in [5.74, 6) is -0.357. The molecule has 2 aromatic carbocycles. The topological polar surface area (TPSA) is 37.0 Å². The largest absolute Gasteiger partial charge is 0.434 e. The molecule has 0 amide bonds. The van der Waals surface area contributed by atoms with E-state index in [-0.39, 0.29) is 38.1 Å². The first-order chi connectivity index (χ1) is 14.1. The van der Waals surface area contributed by atoms with Crippen LogP contribution in [0.4, 0.5) is 28.4 Å². The SMILES string of the molecule is Fc1cccc(CCNCc2sc(Nc3c(Cl)cc(Cl)cc3Cl)nc2C(F)(F)F)c1. The Labute approximate surface area is 189 Å². The number of halogens is 7. The average molecular weight is 499 g/mol. The molecule has 0 saturated carbocycles. The molecule has 1 aromatic heterocycles. The number of hydrogen-bond donors (Lipinski definition) is 2. The summed E-state index contributed by atoms with van der Waals surface area (Å²) in [6.45, 7) is 0.321. The molecule has 3 nitrogen and oxygen atoms in total. The second kappa shape index (κ2) is 9.70. The molecular weight excluding hydrogens is 485 g/mol. The standard InChI is InChI=1S/C19H14Cl3F4N3S/c20-11-7-13(21)16(14(22)8-11)28-18-29-17(19(24,25)26)15(30-18)9-27-5-4-10-2-1-3-12(23)6-10/h1-3,6-8,27H,4-5,9H2,(H,28,29). The van der Waals surface area contributed by atoms with Crippen LogP contribution < -0.4 is 10.6 Å². The second-order valence-corrected chi connectivity index (χ2v) is 8.55. The highest BCUT2D eigenvalue weighted by Crippen LogP contribution is 2.40. The molecule has 0 bridgehead atoms. The Morgan fingerprint density at radius 1 is 1.03 bits per heavy atom. The summed E-state index contributed by atoms with van der Waals surface area (Å²) >= 11 is 18.8. The zero-order valence-corrected chi connectivity index (χ0v) is 18.2. The van der Waals surface area contributed by atoms with Crippen molar-refractivity contribution in [3.05, 3.63) is 73.4 Å². The van der Waals surface area contributed by atoms with E-state index in [0.29, 0.717) is 18.0 Å². The molecule has 1 heterocycles. The van der Waals surface area contributed by atoms with Gasteiger partial charge in [-0.2, -0.15) is 13.2 Å². The summed E-state index contributed by atoms with van der Waals surface area (Å²) in [5, 5.41) is 6.29. The number of anilines is 2. The number of alkyl halides is 3. The van der Waals surface area contributed by atoms with Crippen LogP contribution in [0.3, 0.4) is 0 Å². The van der Waals surface area contributed by atoms with Crippen LogP contribution in [0.5, 0.6) is 0 Å². The lowest BCUT2D eigenvalue weighted by Gasteiger charge is -2.08. The molecule has 11 heteroatoms. The van der Waals surface area contributed by atoms with Gasteiger partial charge in [-0.25, -0.2) is 9.37 Å². The van der Waals surface area contributed by atoms with E-state index in [1.807, 2.05) is 0 Å². The van der Waals surface area contributed by atoms with Crippen LogP contribution in [0, 0.1) is 5.82 Å². The summed E-state index contributed by atoms with van der Waals surface area (Å²) in [5.41, 5.74) is -0.0255. The van der Waals surface area contributed by atoms with Crippen LogP contribution >= 0.6 is 46.1 Å². The monoisotopic (exact) mass is 497 g/mol. The molecule has 0 aliphatic heterocycles. The lowest BCUT2D eigenvalue weighted by Crippen LogP contribution is -2.19. The van der Waals surface area contributed by atoms with Crippen molar-refractivity contribution in [3.8, 4) is 0 Å². The highest BCUT2D eigenvalue weighted by Gasteiger charge is 2.37. The summed E-state index contributed by atoms with van der Waals surface area (Å²) in [7, 11) is 0. The van der Waals surface area contributed by atoms with Crippen molar-refractivity contribution < 1.29 is 17.6 Å². The number of thiazole rings is 1. The summed E-state index contributed by atoms with van der Waals surface area (Å²) in [4.78, 5) is 3.68. The smallest absolute Gasteiger partial charge is 0.329 e. The van der Waals surface area contributed by atoms with E-state index >= 15 is 0 Å². The maximum absolute atomic E-state index is 13.4. The third-order valence-electron chi connectivity index (χ3n) is 3.97. The lowest BCUT2D eigenvalue weighted by molar-refractivity contribution is -0.141. The van der Waals surface area contributed by atoms with Crippen molar-refractivity contribution in [1.29, 1.82) is 0 Å². The Morgan fingerprint density at radius 2 is 1.73 bits per heavy atom. The van der Waals surface area contributed by atoms with Crippen LogP contribution in [0.15, 0.2) is 36.4 Å². The van der Waals surface area contributed by atoms with Gasteiger partial charge >= 0.3 is 6.18 Å². The number of benzene rings is 2. The van der Waals surface area contributed by atoms with Crippen molar-refractivity contribution in [1.82, 2.24) is 10.3 Å². The maximum Gasteiger partial charge on any atom is 0.434 e. The Kier molecular flexibility index (Phi) is 7.47. The minimum Gasteiger partial charge on any atom is -0.329 e. The van der Waals surface area contributed by atoms with Crippen molar-refractivity contribution in [2.24, 2.45) is 0 Å². The molecule has 0 unspecified atom stereocenters. The third-order valence-corrected chi connectivity index (χ3v) is 5.75. The molecule has 0 fully saturated rings. The Balaban J connectivity index is 1.72. The van der Waals surface area contributed by atoms with Crippen molar-refractivity contribution in [2.45, 2.75) is 19.1 Å². The summed E-state index contributed by atoms with van der Waals surface area (Å²) in [6.07, 6.45) is -4.15. The van der Waals surface area contributed by atoms with Gasteiger partial charge in [0.25, 0.3) is 0 Å². The minimum atomic E-state index is -4.62. The highest BCUT2D eigenvalue weighted by molar-refractivity contribution is 7.15. The average Bonchev–Trinajstić information content (AvgIpc) is 3.05. The molecule has 0 saturated heterocycles. The first kappa shape index (κ1) is 23.1. The normalized spacial score (nSPS) is 11.7. The van der Waals surface area contributed by atoms with Gasteiger partial charge in [-0.15, -0.1) is 0 Å². The van der Waals surface area contributed by atoms with Crippen molar-refractivity contribution in [3.63, 3.8) is 0 Å². The van der Waals surface area contributed by atoms with Crippen LogP contribution in [0.25, 0.3) is 0 Å². The van der Waals surface area contributed by atoms with Gasteiger partial charge in [-0.3, -0.25) is 0 Å². The van der Waals surface area contributed by atoms with Gasteiger partial charge in [0.2, 0.25) is 0 Å². The van der Waals surface area contributed by atoms with E-state index in [1.165, 1.54) is 24.3 Å². The molecule has 0 radical (unpaired) electrons. The first-order valence-corrected chi connectivity index (χ1v) is 10.5. The number of nitrogens with one attached hydrogen (secondary N) is 2. The lowest BCUT2D eigenvalue weighted by atomic mass is 10.1. The van der Waals surface area contributed by atoms with Gasteiger partial charge in [-0.1, -0.05) is 58.3 Å².